The molecule has 0 saturated carbocycles. The number of nitrogens with zero attached hydrogens (tertiary/aromatic N) is 1. The molecular formula is C16H19N3O5S. The molecule has 1 aromatic rings. The van der Waals surface area contributed by atoms with Gasteiger partial charge in [-0.2, -0.15) is 11.8 Å². The van der Waals surface area contributed by atoms with Crippen molar-refractivity contribution in [3.8, 4) is 0 Å². The number of carbonyl (C=O) groups is 2. The van der Waals surface area contributed by atoms with Crippen molar-refractivity contribution in [3.05, 3.63) is 51.2 Å². The van der Waals surface area contributed by atoms with Gasteiger partial charge in [0.05, 0.1) is 16.5 Å². The van der Waals surface area contributed by atoms with Crippen molar-refractivity contribution in [2.24, 2.45) is 0 Å². The largest absolute Gasteiger partial charge is 0.461 e. The summed E-state index contributed by atoms with van der Waals surface area (Å²) in [5.41, 5.74) is 1.19. The molecular weight excluding hydrogens is 346 g/mol. The van der Waals surface area contributed by atoms with Crippen LogP contribution in [0.3, 0.4) is 0 Å². The number of esters is 1. The predicted octanol–water partition coefficient (Wildman–Crippen LogP) is 2.52. The second kappa shape index (κ2) is 8.52. The monoisotopic (exact) mass is 365 g/mol. The van der Waals surface area contributed by atoms with Gasteiger partial charge in [0.25, 0.3) is 5.69 Å². The summed E-state index contributed by atoms with van der Waals surface area (Å²) < 4.78 is 5.29. The number of allylic oxidation sites excluding steroid dienone is 1. The van der Waals surface area contributed by atoms with E-state index in [2.05, 4.69) is 10.6 Å². The number of hydrogen-bond acceptors (Lipinski definition) is 6. The molecule has 0 saturated heterocycles. The summed E-state index contributed by atoms with van der Waals surface area (Å²) in [4.78, 5) is 34.5. The van der Waals surface area contributed by atoms with Gasteiger partial charge in [-0.3, -0.25) is 10.1 Å². The van der Waals surface area contributed by atoms with Crippen LogP contribution in [-0.2, 0) is 9.53 Å². The molecule has 8 nitrogen and oxygen atoms in total. The van der Waals surface area contributed by atoms with Gasteiger partial charge in [0.15, 0.2) is 0 Å². The molecule has 1 aliphatic heterocycles. The molecule has 0 unspecified atom stereocenters. The fourth-order valence-electron chi connectivity index (χ4n) is 2.42. The Kier molecular flexibility index (Phi) is 6.40. The molecule has 0 aromatic heterocycles. The second-order valence-corrected chi connectivity index (χ2v) is 6.65. The maximum absolute atomic E-state index is 12.4. The van der Waals surface area contributed by atoms with Gasteiger partial charge in [-0.1, -0.05) is 6.92 Å². The number of non-ortho nitro benzene ring substituents is 1. The molecule has 1 heterocycles. The second-order valence-electron chi connectivity index (χ2n) is 5.25. The third-order valence-electron chi connectivity index (χ3n) is 3.59. The van der Waals surface area contributed by atoms with E-state index in [4.69, 9.17) is 4.74 Å². The smallest absolute Gasteiger partial charge is 0.338 e. The standard InChI is InChI=1S/C16H19N3O5S/c1-3-25-9-8-24-15(20)13-10(2)17-16(21)18-14(13)11-4-6-12(7-5-11)19(22)23/h4-7,14H,3,8-9H2,1-2H3,(H2,17,18,21)/t14-/m1/s1. The lowest BCUT2D eigenvalue weighted by Gasteiger charge is -2.28. The number of nitro groups is 1. The molecule has 1 aromatic carbocycles. The molecule has 0 bridgehead atoms. The van der Waals surface area contributed by atoms with Crippen LogP contribution < -0.4 is 10.6 Å². The van der Waals surface area contributed by atoms with Crippen LogP contribution in [0, 0.1) is 10.1 Å². The number of carbonyl (C=O) groups excluding carboxylic acids is 2. The van der Waals surface area contributed by atoms with Crippen molar-refractivity contribution in [2.45, 2.75) is 19.9 Å². The Balaban J connectivity index is 2.23. The SMILES string of the molecule is CCSCCOC(=O)C1=C(C)NC(=O)N[C@@H]1c1ccc([N+](=O)[O-])cc1. The highest BCUT2D eigenvalue weighted by Crippen LogP contribution is 2.28. The lowest BCUT2D eigenvalue weighted by Crippen LogP contribution is -2.45. The lowest BCUT2D eigenvalue weighted by molar-refractivity contribution is -0.384. The summed E-state index contributed by atoms with van der Waals surface area (Å²) in [6.07, 6.45) is 0. The average Bonchev–Trinajstić information content (AvgIpc) is 2.58. The number of hydrogen-bond donors (Lipinski definition) is 2. The summed E-state index contributed by atoms with van der Waals surface area (Å²) in [5.74, 6) is 1.10. The van der Waals surface area contributed by atoms with Crippen LogP contribution in [0.1, 0.15) is 25.5 Å². The lowest BCUT2D eigenvalue weighted by atomic mass is 9.95. The Bertz CT molecular complexity index is 702. The highest BCUT2D eigenvalue weighted by atomic mass is 32.2. The zero-order valence-corrected chi connectivity index (χ0v) is 14.7. The Morgan fingerprint density at radius 3 is 2.64 bits per heavy atom. The molecule has 0 aliphatic carbocycles. The van der Waals surface area contributed by atoms with Crippen LogP contribution in [0.5, 0.6) is 0 Å². The third-order valence-corrected chi connectivity index (χ3v) is 4.45. The van der Waals surface area contributed by atoms with Crippen LogP contribution in [0.25, 0.3) is 0 Å². The summed E-state index contributed by atoms with van der Waals surface area (Å²) in [5, 5.41) is 16.0. The molecule has 25 heavy (non-hydrogen) atoms. The van der Waals surface area contributed by atoms with Crippen molar-refractivity contribution in [1.82, 2.24) is 10.6 Å². The van der Waals surface area contributed by atoms with E-state index in [9.17, 15) is 19.7 Å². The minimum absolute atomic E-state index is 0.0644. The molecule has 2 rings (SSSR count). The van der Waals surface area contributed by atoms with Gasteiger partial charge in [0.1, 0.15) is 6.61 Å². The van der Waals surface area contributed by atoms with E-state index in [1.54, 1.807) is 18.7 Å². The minimum atomic E-state index is -0.721. The van der Waals surface area contributed by atoms with Crippen LogP contribution >= 0.6 is 11.8 Å². The van der Waals surface area contributed by atoms with Gasteiger partial charge in [0.2, 0.25) is 0 Å². The number of urea groups is 1. The normalized spacial score (nSPS) is 16.9. The molecule has 0 radical (unpaired) electrons. The van der Waals surface area contributed by atoms with Crippen molar-refractivity contribution >= 4 is 29.4 Å². The molecule has 2 amide bonds. The van der Waals surface area contributed by atoms with Gasteiger partial charge in [-0.05, 0) is 30.4 Å². The molecule has 2 N–H and O–H groups in total. The number of nitro benzene ring substituents is 1. The van der Waals surface area contributed by atoms with Gasteiger partial charge in [0, 0.05) is 23.6 Å². The number of benzene rings is 1. The molecule has 1 aliphatic rings. The first kappa shape index (κ1) is 18.8. The minimum Gasteiger partial charge on any atom is -0.461 e. The van der Waals surface area contributed by atoms with Gasteiger partial charge in [-0.15, -0.1) is 0 Å². The highest BCUT2D eigenvalue weighted by molar-refractivity contribution is 7.99. The van der Waals surface area contributed by atoms with Crippen LogP contribution in [-0.4, -0.2) is 35.0 Å². The summed E-state index contributed by atoms with van der Waals surface area (Å²) in [6.45, 7) is 3.91. The average molecular weight is 365 g/mol. The van der Waals surface area contributed by atoms with E-state index < -0.39 is 23.0 Å². The van der Waals surface area contributed by atoms with E-state index in [1.165, 1.54) is 24.3 Å². The van der Waals surface area contributed by atoms with Crippen molar-refractivity contribution in [1.29, 1.82) is 0 Å². The molecule has 9 heteroatoms. The Morgan fingerprint density at radius 2 is 2.04 bits per heavy atom. The maximum atomic E-state index is 12.4. The van der Waals surface area contributed by atoms with Gasteiger partial charge in [-0.25, -0.2) is 9.59 Å². The number of rotatable bonds is 7. The van der Waals surface area contributed by atoms with Crippen molar-refractivity contribution in [3.63, 3.8) is 0 Å². The number of ether oxygens (including phenoxy) is 1. The Morgan fingerprint density at radius 1 is 1.36 bits per heavy atom. The van der Waals surface area contributed by atoms with Crippen molar-refractivity contribution < 1.29 is 19.2 Å². The summed E-state index contributed by atoms with van der Waals surface area (Å²) >= 11 is 1.66. The predicted molar refractivity (Wildman–Crippen MR) is 94.2 cm³/mol. The molecule has 0 spiro atoms. The van der Waals surface area contributed by atoms with Gasteiger partial charge >= 0.3 is 12.0 Å². The first-order chi connectivity index (χ1) is 11.9. The first-order valence-corrected chi connectivity index (χ1v) is 8.87. The van der Waals surface area contributed by atoms with E-state index in [-0.39, 0.29) is 17.9 Å². The van der Waals surface area contributed by atoms with E-state index in [0.29, 0.717) is 17.0 Å². The van der Waals surface area contributed by atoms with E-state index in [1.807, 2.05) is 6.92 Å². The number of thioether (sulfide) groups is 1. The Hall–Kier alpha value is -2.55. The Labute approximate surface area is 149 Å². The number of nitrogens with one attached hydrogen (secondary N) is 2. The van der Waals surface area contributed by atoms with E-state index in [0.717, 1.165) is 5.75 Å². The fraction of sp³-hybridized carbons (Fsp3) is 0.375. The van der Waals surface area contributed by atoms with Crippen LogP contribution in [0.4, 0.5) is 10.5 Å². The highest BCUT2D eigenvalue weighted by Gasteiger charge is 2.32. The van der Waals surface area contributed by atoms with Crippen LogP contribution in [0.2, 0.25) is 0 Å². The maximum Gasteiger partial charge on any atom is 0.338 e. The third kappa shape index (κ3) is 4.72. The molecule has 1 atom stereocenters. The van der Waals surface area contributed by atoms with Crippen LogP contribution in [0.15, 0.2) is 35.5 Å². The quantitative estimate of drug-likeness (QED) is 0.332. The topological polar surface area (TPSA) is 111 Å². The molecule has 0 fully saturated rings. The summed E-state index contributed by atoms with van der Waals surface area (Å²) in [7, 11) is 0. The van der Waals surface area contributed by atoms with E-state index >= 15 is 0 Å². The zero-order valence-electron chi connectivity index (χ0n) is 13.9. The fourth-order valence-corrected chi connectivity index (χ4v) is 2.91. The first-order valence-electron chi connectivity index (χ1n) is 7.71. The zero-order chi connectivity index (χ0) is 18.4. The van der Waals surface area contributed by atoms with Gasteiger partial charge < -0.3 is 15.4 Å². The molecule has 134 valence electrons. The van der Waals surface area contributed by atoms with Crippen molar-refractivity contribution in [2.75, 3.05) is 18.1 Å². The number of amides is 2. The summed E-state index contributed by atoms with van der Waals surface area (Å²) in [6, 6.07) is 4.53.